The molecule has 0 unspecified atom stereocenters. The van der Waals surface area contributed by atoms with Crippen molar-refractivity contribution in [3.05, 3.63) is 65.4 Å². The Bertz CT molecular complexity index is 1180. The molecule has 2 heterocycles. The van der Waals surface area contributed by atoms with Crippen LogP contribution in [0.4, 0.5) is 0 Å². The summed E-state index contributed by atoms with van der Waals surface area (Å²) < 4.78 is 33.7. The highest BCUT2D eigenvalue weighted by Gasteiger charge is 2.27. The zero-order chi connectivity index (χ0) is 22.0. The minimum absolute atomic E-state index is 0.180. The predicted molar refractivity (Wildman–Crippen MR) is 121 cm³/mol. The van der Waals surface area contributed by atoms with Crippen LogP contribution in [0.3, 0.4) is 0 Å². The molecule has 164 valence electrons. The molecule has 1 saturated heterocycles. The Morgan fingerprint density at radius 1 is 1.03 bits per heavy atom. The molecule has 2 aromatic carbocycles. The Morgan fingerprint density at radius 3 is 2.39 bits per heavy atom. The summed E-state index contributed by atoms with van der Waals surface area (Å²) in [6.07, 6.45) is 3.89. The summed E-state index contributed by atoms with van der Waals surface area (Å²) in [6, 6.07) is 14.4. The van der Waals surface area contributed by atoms with Crippen molar-refractivity contribution in [1.29, 1.82) is 0 Å². The normalized spacial score (nSPS) is 16.7. The zero-order valence-electron chi connectivity index (χ0n) is 17.9. The van der Waals surface area contributed by atoms with Gasteiger partial charge in [-0.25, -0.2) is 8.42 Å². The molecule has 0 radical (unpaired) electrons. The molecule has 31 heavy (non-hydrogen) atoms. The number of carbonyl (C=O) groups excluding carboxylic acids is 1. The predicted octanol–water partition coefficient (Wildman–Crippen LogP) is 4.80. The summed E-state index contributed by atoms with van der Waals surface area (Å²) in [6.45, 7) is 4.80. The third-order valence-electron chi connectivity index (χ3n) is 5.96. The number of furan rings is 1. The highest BCUT2D eigenvalue weighted by molar-refractivity contribution is 7.89. The standard InChI is InChI=1S/C24H28N2O4S/c1-17-21-16-20(31(28,29)26-14-8-3-4-9-15-26)12-13-22(21)30-23(17)24(27)25-18(2)19-10-6-5-7-11-19/h5-7,10-13,16,18H,3-4,8-9,14-15H2,1-2H3,(H,25,27)/t18-/m0/s1. The van der Waals surface area contributed by atoms with Crippen molar-refractivity contribution >= 4 is 26.9 Å². The summed E-state index contributed by atoms with van der Waals surface area (Å²) in [7, 11) is -3.57. The van der Waals surface area contributed by atoms with Gasteiger partial charge in [-0.2, -0.15) is 4.31 Å². The van der Waals surface area contributed by atoms with Crippen LogP contribution in [0, 0.1) is 6.92 Å². The summed E-state index contributed by atoms with van der Waals surface area (Å²) in [5, 5.41) is 3.61. The molecule has 1 aliphatic rings. The van der Waals surface area contributed by atoms with E-state index in [4.69, 9.17) is 4.42 Å². The second-order valence-corrected chi connectivity index (χ2v) is 10.1. The van der Waals surface area contributed by atoms with E-state index in [0.717, 1.165) is 31.2 Å². The fourth-order valence-corrected chi connectivity index (χ4v) is 5.64. The molecule has 4 rings (SSSR count). The molecule has 6 nitrogen and oxygen atoms in total. The lowest BCUT2D eigenvalue weighted by Gasteiger charge is -2.19. The lowest BCUT2D eigenvalue weighted by Crippen LogP contribution is -2.31. The lowest BCUT2D eigenvalue weighted by molar-refractivity contribution is 0.0913. The van der Waals surface area contributed by atoms with Gasteiger partial charge in [0.25, 0.3) is 5.91 Å². The number of aryl methyl sites for hydroxylation is 1. The fraction of sp³-hybridized carbons (Fsp3) is 0.375. The van der Waals surface area contributed by atoms with Crippen molar-refractivity contribution in [2.24, 2.45) is 0 Å². The number of hydrogen-bond acceptors (Lipinski definition) is 4. The van der Waals surface area contributed by atoms with Gasteiger partial charge in [-0.05, 0) is 50.5 Å². The molecule has 1 N–H and O–H groups in total. The number of hydrogen-bond donors (Lipinski definition) is 1. The van der Waals surface area contributed by atoms with Gasteiger partial charge in [0, 0.05) is 24.0 Å². The first kappa shape index (κ1) is 21.6. The van der Waals surface area contributed by atoms with Crippen LogP contribution in [-0.4, -0.2) is 31.7 Å². The third kappa shape index (κ3) is 4.38. The van der Waals surface area contributed by atoms with Gasteiger partial charge in [-0.3, -0.25) is 4.79 Å². The Balaban J connectivity index is 1.61. The van der Waals surface area contributed by atoms with E-state index in [9.17, 15) is 13.2 Å². The van der Waals surface area contributed by atoms with E-state index in [1.165, 1.54) is 0 Å². The molecule has 1 aromatic heterocycles. The van der Waals surface area contributed by atoms with Gasteiger partial charge in [0.2, 0.25) is 10.0 Å². The van der Waals surface area contributed by atoms with Crippen LogP contribution in [0.25, 0.3) is 11.0 Å². The van der Waals surface area contributed by atoms with E-state index in [0.29, 0.717) is 29.6 Å². The average Bonchev–Trinajstić information content (AvgIpc) is 2.94. The van der Waals surface area contributed by atoms with Crippen LogP contribution in [0.2, 0.25) is 0 Å². The minimum atomic E-state index is -3.57. The Morgan fingerprint density at radius 2 is 1.71 bits per heavy atom. The molecule has 1 aliphatic heterocycles. The number of carbonyl (C=O) groups is 1. The van der Waals surface area contributed by atoms with Crippen molar-refractivity contribution in [3.63, 3.8) is 0 Å². The SMILES string of the molecule is Cc1c(C(=O)N[C@@H](C)c2ccccc2)oc2ccc(S(=O)(=O)N3CCCCCC3)cc12. The van der Waals surface area contributed by atoms with E-state index in [1.54, 1.807) is 29.4 Å². The van der Waals surface area contributed by atoms with Gasteiger partial charge in [-0.1, -0.05) is 43.2 Å². The minimum Gasteiger partial charge on any atom is -0.451 e. The number of benzene rings is 2. The van der Waals surface area contributed by atoms with Crippen LogP contribution in [0.15, 0.2) is 57.8 Å². The first-order valence-corrected chi connectivity index (χ1v) is 12.2. The maximum absolute atomic E-state index is 13.2. The van der Waals surface area contributed by atoms with Gasteiger partial charge in [-0.15, -0.1) is 0 Å². The third-order valence-corrected chi connectivity index (χ3v) is 7.86. The molecule has 1 atom stereocenters. The fourth-order valence-electron chi connectivity index (χ4n) is 4.10. The maximum atomic E-state index is 13.2. The number of amides is 1. The zero-order valence-corrected chi connectivity index (χ0v) is 18.7. The van der Waals surface area contributed by atoms with Gasteiger partial charge in [0.15, 0.2) is 5.76 Å². The number of nitrogens with zero attached hydrogens (tertiary/aromatic N) is 1. The van der Waals surface area contributed by atoms with Crippen molar-refractivity contribution in [3.8, 4) is 0 Å². The molecule has 0 bridgehead atoms. The smallest absolute Gasteiger partial charge is 0.287 e. The number of sulfonamides is 1. The second kappa shape index (κ2) is 8.85. The van der Waals surface area contributed by atoms with E-state index in [-0.39, 0.29) is 22.6 Å². The van der Waals surface area contributed by atoms with Crippen molar-refractivity contribution in [2.75, 3.05) is 13.1 Å². The molecule has 0 saturated carbocycles. The molecule has 1 amide bonds. The maximum Gasteiger partial charge on any atom is 0.287 e. The van der Waals surface area contributed by atoms with Crippen LogP contribution in [0.1, 0.15) is 60.3 Å². The van der Waals surface area contributed by atoms with Crippen LogP contribution >= 0.6 is 0 Å². The van der Waals surface area contributed by atoms with Crippen LogP contribution in [0.5, 0.6) is 0 Å². The second-order valence-electron chi connectivity index (χ2n) is 8.14. The highest BCUT2D eigenvalue weighted by Crippen LogP contribution is 2.30. The van der Waals surface area contributed by atoms with Crippen LogP contribution < -0.4 is 5.32 Å². The Labute approximate surface area is 183 Å². The van der Waals surface area contributed by atoms with Crippen molar-refractivity contribution in [1.82, 2.24) is 9.62 Å². The van der Waals surface area contributed by atoms with Crippen LogP contribution in [-0.2, 0) is 10.0 Å². The lowest BCUT2D eigenvalue weighted by atomic mass is 10.1. The first-order chi connectivity index (χ1) is 14.9. The highest BCUT2D eigenvalue weighted by atomic mass is 32.2. The Hall–Kier alpha value is -2.64. The van der Waals surface area contributed by atoms with E-state index in [1.807, 2.05) is 37.3 Å². The summed E-state index contributed by atoms with van der Waals surface area (Å²) in [4.78, 5) is 13.1. The number of nitrogens with one attached hydrogen (secondary N) is 1. The molecular formula is C24H28N2O4S. The monoisotopic (exact) mass is 440 g/mol. The Kier molecular flexibility index (Phi) is 6.16. The van der Waals surface area contributed by atoms with Crippen molar-refractivity contribution < 1.29 is 17.6 Å². The molecular weight excluding hydrogens is 412 g/mol. The van der Waals surface area contributed by atoms with E-state index in [2.05, 4.69) is 5.32 Å². The number of fused-ring (bicyclic) bond motifs is 1. The van der Waals surface area contributed by atoms with E-state index >= 15 is 0 Å². The molecule has 0 aliphatic carbocycles. The molecule has 1 fully saturated rings. The topological polar surface area (TPSA) is 79.6 Å². The van der Waals surface area contributed by atoms with Gasteiger partial charge in [0.1, 0.15) is 5.58 Å². The van der Waals surface area contributed by atoms with Crippen molar-refractivity contribution in [2.45, 2.75) is 50.5 Å². The summed E-state index contributed by atoms with van der Waals surface area (Å²) in [5.41, 5.74) is 2.14. The summed E-state index contributed by atoms with van der Waals surface area (Å²) in [5.74, 6) is -0.107. The molecule has 0 spiro atoms. The number of rotatable bonds is 5. The largest absolute Gasteiger partial charge is 0.451 e. The molecule has 3 aromatic rings. The quantitative estimate of drug-likeness (QED) is 0.618. The summed E-state index contributed by atoms with van der Waals surface area (Å²) >= 11 is 0. The van der Waals surface area contributed by atoms with E-state index < -0.39 is 10.0 Å². The van der Waals surface area contributed by atoms with Gasteiger partial charge in [0.05, 0.1) is 10.9 Å². The average molecular weight is 441 g/mol. The first-order valence-electron chi connectivity index (χ1n) is 10.8. The van der Waals surface area contributed by atoms with Gasteiger partial charge >= 0.3 is 0 Å². The molecule has 7 heteroatoms. The van der Waals surface area contributed by atoms with Gasteiger partial charge < -0.3 is 9.73 Å².